The molecule has 1 amide bonds. The number of carbonyl (C=O) groups excluding carboxylic acids is 1. The second-order valence-electron chi connectivity index (χ2n) is 5.65. The average Bonchev–Trinajstić information content (AvgIpc) is 2.61. The molecule has 1 N–H and O–H groups in total. The van der Waals surface area contributed by atoms with Gasteiger partial charge >= 0.3 is 0 Å². The highest BCUT2D eigenvalue weighted by molar-refractivity contribution is 7.92. The summed E-state index contributed by atoms with van der Waals surface area (Å²) >= 11 is 0. The van der Waals surface area contributed by atoms with Crippen LogP contribution in [0.1, 0.15) is 17.3 Å². The van der Waals surface area contributed by atoms with E-state index in [9.17, 15) is 22.0 Å². The maximum absolute atomic E-state index is 13.2. The van der Waals surface area contributed by atoms with E-state index in [0.717, 1.165) is 28.8 Å². The predicted molar refractivity (Wildman–Crippen MR) is 98.5 cm³/mol. The Hall–Kier alpha value is -2.68. The molecule has 0 fully saturated rings. The molecule has 0 saturated carbocycles. The third-order valence-corrected chi connectivity index (χ3v) is 4.81. The summed E-state index contributed by atoms with van der Waals surface area (Å²) < 4.78 is 56.7. The van der Waals surface area contributed by atoms with E-state index in [1.165, 1.54) is 0 Å². The van der Waals surface area contributed by atoms with Crippen molar-refractivity contribution in [3.63, 3.8) is 0 Å². The van der Waals surface area contributed by atoms with Crippen LogP contribution >= 0.6 is 0 Å². The Morgan fingerprint density at radius 1 is 1.11 bits per heavy atom. The number of hydrogen-bond donors (Lipinski definition) is 1. The number of benzene rings is 2. The van der Waals surface area contributed by atoms with Crippen molar-refractivity contribution in [3.8, 4) is 5.75 Å². The number of carbonyl (C=O) groups is 1. The van der Waals surface area contributed by atoms with Gasteiger partial charge in [0, 0.05) is 12.1 Å². The first-order valence-corrected chi connectivity index (χ1v) is 10.0. The predicted octanol–water partition coefficient (Wildman–Crippen LogP) is 2.56. The van der Waals surface area contributed by atoms with E-state index in [0.29, 0.717) is 18.0 Å². The number of anilines is 1. The van der Waals surface area contributed by atoms with E-state index in [2.05, 4.69) is 5.32 Å². The standard InChI is InChI=1S/C18H20F2N2O4S/c1-3-26-15-7-5-14(6-8-15)22(27(2,24)25)11-10-21-18(23)13-4-9-16(19)17(20)12-13/h4-9,12H,3,10-11H2,1-2H3,(H,21,23). The minimum Gasteiger partial charge on any atom is -0.494 e. The summed E-state index contributed by atoms with van der Waals surface area (Å²) in [6.07, 6.45) is 1.06. The molecule has 0 aliphatic rings. The molecule has 27 heavy (non-hydrogen) atoms. The molecule has 0 heterocycles. The molecule has 146 valence electrons. The Labute approximate surface area is 156 Å². The van der Waals surface area contributed by atoms with Crippen molar-refractivity contribution in [1.29, 1.82) is 0 Å². The number of ether oxygens (including phenoxy) is 1. The summed E-state index contributed by atoms with van der Waals surface area (Å²) in [5.41, 5.74) is 0.365. The number of amides is 1. The van der Waals surface area contributed by atoms with E-state index < -0.39 is 27.6 Å². The lowest BCUT2D eigenvalue weighted by Crippen LogP contribution is -2.38. The second kappa shape index (κ2) is 8.81. The summed E-state index contributed by atoms with van der Waals surface area (Å²) in [5, 5.41) is 2.49. The third-order valence-electron chi connectivity index (χ3n) is 3.62. The van der Waals surface area contributed by atoms with Crippen LogP contribution in [-0.2, 0) is 10.0 Å². The number of halogens is 2. The zero-order chi connectivity index (χ0) is 20.0. The molecule has 0 saturated heterocycles. The highest BCUT2D eigenvalue weighted by atomic mass is 32.2. The molecule has 0 radical (unpaired) electrons. The average molecular weight is 398 g/mol. The van der Waals surface area contributed by atoms with Crippen LogP contribution in [0.5, 0.6) is 5.75 Å². The molecule has 0 unspecified atom stereocenters. The van der Waals surface area contributed by atoms with Crippen molar-refractivity contribution < 1.29 is 26.7 Å². The van der Waals surface area contributed by atoms with Crippen molar-refractivity contribution in [2.24, 2.45) is 0 Å². The van der Waals surface area contributed by atoms with Gasteiger partial charge in [-0.05, 0) is 49.4 Å². The highest BCUT2D eigenvalue weighted by Crippen LogP contribution is 2.21. The Kier molecular flexibility index (Phi) is 6.73. The smallest absolute Gasteiger partial charge is 0.251 e. The first kappa shape index (κ1) is 20.6. The molecule has 2 aromatic rings. The van der Waals surface area contributed by atoms with Crippen LogP contribution in [-0.4, -0.2) is 40.3 Å². The quantitative estimate of drug-likeness (QED) is 0.742. The molecule has 2 aromatic carbocycles. The van der Waals surface area contributed by atoms with Gasteiger partial charge in [-0.2, -0.15) is 0 Å². The number of hydrogen-bond acceptors (Lipinski definition) is 4. The Balaban J connectivity index is 2.04. The molecular formula is C18H20F2N2O4S. The molecule has 0 atom stereocenters. The van der Waals surface area contributed by atoms with Crippen LogP contribution in [0.3, 0.4) is 0 Å². The van der Waals surface area contributed by atoms with Crippen LogP contribution < -0.4 is 14.4 Å². The van der Waals surface area contributed by atoms with E-state index in [1.54, 1.807) is 24.3 Å². The molecule has 2 rings (SSSR count). The minimum absolute atomic E-state index is 0.0158. The Bertz CT molecular complexity index is 902. The van der Waals surface area contributed by atoms with Gasteiger partial charge in [0.2, 0.25) is 10.0 Å². The van der Waals surface area contributed by atoms with Gasteiger partial charge in [0.1, 0.15) is 5.75 Å². The SMILES string of the molecule is CCOc1ccc(N(CCNC(=O)c2ccc(F)c(F)c2)S(C)(=O)=O)cc1. The van der Waals surface area contributed by atoms with E-state index in [-0.39, 0.29) is 18.7 Å². The lowest BCUT2D eigenvalue weighted by atomic mass is 10.2. The van der Waals surface area contributed by atoms with Gasteiger partial charge in [-0.25, -0.2) is 17.2 Å². The first-order chi connectivity index (χ1) is 12.7. The van der Waals surface area contributed by atoms with Crippen molar-refractivity contribution in [1.82, 2.24) is 5.32 Å². The molecule has 0 spiro atoms. The maximum Gasteiger partial charge on any atom is 0.251 e. The highest BCUT2D eigenvalue weighted by Gasteiger charge is 2.18. The summed E-state index contributed by atoms with van der Waals surface area (Å²) in [6, 6.07) is 9.28. The van der Waals surface area contributed by atoms with Crippen LogP contribution in [0.4, 0.5) is 14.5 Å². The first-order valence-electron chi connectivity index (χ1n) is 8.16. The number of nitrogens with one attached hydrogen (secondary N) is 1. The van der Waals surface area contributed by atoms with Crippen molar-refractivity contribution in [2.75, 3.05) is 30.3 Å². The van der Waals surface area contributed by atoms with Crippen molar-refractivity contribution in [3.05, 3.63) is 59.7 Å². The normalized spacial score (nSPS) is 11.1. The maximum atomic E-state index is 13.2. The molecule has 0 aliphatic carbocycles. The van der Waals surface area contributed by atoms with Gasteiger partial charge < -0.3 is 10.1 Å². The van der Waals surface area contributed by atoms with Gasteiger partial charge in [-0.1, -0.05) is 0 Å². The van der Waals surface area contributed by atoms with Gasteiger partial charge in [0.15, 0.2) is 11.6 Å². The largest absolute Gasteiger partial charge is 0.494 e. The zero-order valence-electron chi connectivity index (χ0n) is 14.9. The van der Waals surface area contributed by atoms with Crippen LogP contribution in [0, 0.1) is 11.6 Å². The van der Waals surface area contributed by atoms with E-state index >= 15 is 0 Å². The Morgan fingerprint density at radius 3 is 2.33 bits per heavy atom. The molecule has 0 aliphatic heterocycles. The molecular weight excluding hydrogens is 378 g/mol. The van der Waals surface area contributed by atoms with Crippen molar-refractivity contribution >= 4 is 21.6 Å². The topological polar surface area (TPSA) is 75.7 Å². The second-order valence-corrected chi connectivity index (χ2v) is 7.55. The van der Waals surface area contributed by atoms with Gasteiger partial charge in [-0.15, -0.1) is 0 Å². The fourth-order valence-corrected chi connectivity index (χ4v) is 3.30. The summed E-state index contributed by atoms with van der Waals surface area (Å²) in [5.74, 6) is -2.20. The fraction of sp³-hybridized carbons (Fsp3) is 0.278. The summed E-state index contributed by atoms with van der Waals surface area (Å²) in [4.78, 5) is 12.0. The molecule has 0 aromatic heterocycles. The monoisotopic (exact) mass is 398 g/mol. The molecule has 9 heteroatoms. The lowest BCUT2D eigenvalue weighted by Gasteiger charge is -2.22. The number of nitrogens with zero attached hydrogens (tertiary/aromatic N) is 1. The minimum atomic E-state index is -3.59. The zero-order valence-corrected chi connectivity index (χ0v) is 15.7. The van der Waals surface area contributed by atoms with Crippen LogP contribution in [0.2, 0.25) is 0 Å². The molecule has 0 bridgehead atoms. The van der Waals surface area contributed by atoms with Crippen LogP contribution in [0.25, 0.3) is 0 Å². The van der Waals surface area contributed by atoms with E-state index in [1.807, 2.05) is 6.92 Å². The fourth-order valence-electron chi connectivity index (χ4n) is 2.37. The van der Waals surface area contributed by atoms with Gasteiger partial charge in [-0.3, -0.25) is 9.10 Å². The van der Waals surface area contributed by atoms with E-state index in [4.69, 9.17) is 4.74 Å². The Morgan fingerprint density at radius 2 is 1.78 bits per heavy atom. The van der Waals surface area contributed by atoms with Gasteiger partial charge in [0.05, 0.1) is 25.1 Å². The van der Waals surface area contributed by atoms with Gasteiger partial charge in [0.25, 0.3) is 5.91 Å². The number of rotatable bonds is 8. The van der Waals surface area contributed by atoms with Crippen LogP contribution in [0.15, 0.2) is 42.5 Å². The third kappa shape index (κ3) is 5.65. The lowest BCUT2D eigenvalue weighted by molar-refractivity contribution is 0.0954. The van der Waals surface area contributed by atoms with Crippen molar-refractivity contribution in [2.45, 2.75) is 6.92 Å². The number of sulfonamides is 1. The summed E-state index contributed by atoms with van der Waals surface area (Å²) in [6.45, 7) is 2.29. The molecule has 6 nitrogen and oxygen atoms in total. The summed E-state index contributed by atoms with van der Waals surface area (Å²) in [7, 11) is -3.59.